The molecule has 6 nitrogen and oxygen atoms in total. The van der Waals surface area contributed by atoms with Crippen molar-refractivity contribution in [2.45, 2.75) is 90.4 Å². The molecule has 37 heavy (non-hydrogen) atoms. The molecule has 2 aromatic carbocycles. The zero-order chi connectivity index (χ0) is 26.2. The van der Waals surface area contributed by atoms with E-state index in [0.717, 1.165) is 50.4 Å². The third-order valence-corrected chi connectivity index (χ3v) is 7.28. The fourth-order valence-corrected chi connectivity index (χ4v) is 5.42. The maximum absolute atomic E-state index is 13.6. The molecule has 1 heterocycles. The van der Waals surface area contributed by atoms with Crippen LogP contribution in [-0.2, 0) is 6.54 Å². The van der Waals surface area contributed by atoms with Crippen molar-refractivity contribution in [3.05, 3.63) is 59.9 Å². The Morgan fingerprint density at radius 2 is 1.89 bits per heavy atom. The van der Waals surface area contributed by atoms with Crippen molar-refractivity contribution < 1.29 is 13.9 Å². The van der Waals surface area contributed by atoms with Gasteiger partial charge in [0.25, 0.3) is 0 Å². The number of ether oxygens (including phenoxy) is 1. The van der Waals surface area contributed by atoms with E-state index in [2.05, 4.69) is 40.7 Å². The molecule has 1 aliphatic heterocycles. The number of hydrogen-bond donors (Lipinski definition) is 2. The summed E-state index contributed by atoms with van der Waals surface area (Å²) in [4.78, 5) is 20.4. The maximum atomic E-state index is 13.6. The highest BCUT2D eigenvalue weighted by Gasteiger charge is 2.30. The second-order valence-corrected chi connectivity index (χ2v) is 10.8. The van der Waals surface area contributed by atoms with Crippen molar-refractivity contribution >= 4 is 17.6 Å². The molecule has 1 aliphatic carbocycles. The smallest absolute Gasteiger partial charge is 0.324 e. The van der Waals surface area contributed by atoms with Gasteiger partial charge in [0.2, 0.25) is 0 Å². The molecule has 2 fully saturated rings. The van der Waals surface area contributed by atoms with Gasteiger partial charge in [0, 0.05) is 24.2 Å². The van der Waals surface area contributed by atoms with Crippen molar-refractivity contribution in [2.24, 2.45) is 10.9 Å². The highest BCUT2D eigenvalue weighted by atomic mass is 19.1. The number of hydrogen-bond acceptors (Lipinski definition) is 4. The van der Waals surface area contributed by atoms with Crippen molar-refractivity contribution in [3.8, 4) is 5.75 Å². The van der Waals surface area contributed by atoms with Gasteiger partial charge in [0.15, 0.2) is 0 Å². The average Bonchev–Trinajstić information content (AvgIpc) is 2.85. The van der Waals surface area contributed by atoms with Crippen LogP contribution >= 0.6 is 0 Å². The van der Waals surface area contributed by atoms with E-state index in [1.165, 1.54) is 37.0 Å². The molecule has 1 saturated carbocycles. The summed E-state index contributed by atoms with van der Waals surface area (Å²) in [7, 11) is 0. The Bertz CT molecular complexity index is 1070. The molecule has 1 saturated heterocycles. The lowest BCUT2D eigenvalue weighted by Gasteiger charge is -2.38. The quantitative estimate of drug-likeness (QED) is 0.321. The molecule has 2 aromatic rings. The Balaban J connectivity index is 1.41. The number of amides is 2. The molecular formula is C30H41FN4O2. The number of nitrogens with one attached hydrogen (secondary N) is 2. The summed E-state index contributed by atoms with van der Waals surface area (Å²) < 4.78 is 19.5. The van der Waals surface area contributed by atoms with E-state index in [9.17, 15) is 9.18 Å². The molecule has 2 atom stereocenters. The first-order chi connectivity index (χ1) is 17.9. The van der Waals surface area contributed by atoms with Crippen LogP contribution in [0.1, 0.15) is 71.3 Å². The van der Waals surface area contributed by atoms with Gasteiger partial charge in [0.1, 0.15) is 17.4 Å². The molecular weight excluding hydrogens is 467 g/mol. The van der Waals surface area contributed by atoms with E-state index in [0.29, 0.717) is 11.7 Å². The minimum atomic E-state index is -0.378. The lowest BCUT2D eigenvalue weighted by Crippen LogP contribution is -2.47. The summed E-state index contributed by atoms with van der Waals surface area (Å²) in [5.74, 6) is 1.49. The van der Waals surface area contributed by atoms with Gasteiger partial charge in [-0.25, -0.2) is 9.18 Å². The Morgan fingerprint density at radius 1 is 1.11 bits per heavy atom. The summed E-state index contributed by atoms with van der Waals surface area (Å²) in [6.45, 7) is 8.13. The SMILES string of the molecule is CC(C)Oc1cccc(CN2CC[C@H](C(=NC3CCCCC3)NC(=O)Nc3cccc(F)c3)C[C@@H]2C)c1. The first-order valence-electron chi connectivity index (χ1n) is 13.8. The second-order valence-electron chi connectivity index (χ2n) is 10.8. The number of carbonyl (C=O) groups excluding carboxylic acids is 1. The van der Waals surface area contributed by atoms with Crippen molar-refractivity contribution in [2.75, 3.05) is 11.9 Å². The number of urea groups is 1. The summed E-state index contributed by atoms with van der Waals surface area (Å²) in [5, 5.41) is 5.82. The number of anilines is 1. The summed E-state index contributed by atoms with van der Waals surface area (Å²) >= 11 is 0. The van der Waals surface area contributed by atoms with Crippen LogP contribution < -0.4 is 15.4 Å². The van der Waals surface area contributed by atoms with Crippen LogP contribution in [0.3, 0.4) is 0 Å². The lowest BCUT2D eigenvalue weighted by molar-refractivity contribution is 0.134. The largest absolute Gasteiger partial charge is 0.491 e. The number of rotatable bonds is 7. The van der Waals surface area contributed by atoms with Gasteiger partial charge in [-0.05, 0) is 88.9 Å². The van der Waals surface area contributed by atoms with Crippen LogP contribution in [0, 0.1) is 11.7 Å². The van der Waals surface area contributed by atoms with E-state index >= 15 is 0 Å². The predicted octanol–water partition coefficient (Wildman–Crippen LogP) is 6.77. The molecule has 2 aliphatic rings. The number of aliphatic imine (C=N–C) groups is 1. The van der Waals surface area contributed by atoms with Gasteiger partial charge in [-0.15, -0.1) is 0 Å². The zero-order valence-electron chi connectivity index (χ0n) is 22.4. The van der Waals surface area contributed by atoms with Crippen LogP contribution in [0.25, 0.3) is 0 Å². The van der Waals surface area contributed by atoms with E-state index < -0.39 is 0 Å². The van der Waals surface area contributed by atoms with Gasteiger partial charge in [-0.3, -0.25) is 15.2 Å². The Hall–Kier alpha value is -2.93. The van der Waals surface area contributed by atoms with Gasteiger partial charge in [0.05, 0.1) is 12.1 Å². The van der Waals surface area contributed by atoms with Gasteiger partial charge >= 0.3 is 6.03 Å². The molecule has 0 unspecified atom stereocenters. The van der Waals surface area contributed by atoms with Crippen molar-refractivity contribution in [1.29, 1.82) is 0 Å². The molecule has 2 amide bonds. The van der Waals surface area contributed by atoms with Crippen LogP contribution in [0.15, 0.2) is 53.5 Å². The van der Waals surface area contributed by atoms with Crippen molar-refractivity contribution in [1.82, 2.24) is 10.2 Å². The standard InChI is InChI=1S/C30H41FN4O2/c1-21(2)37-28-14-7-9-23(18-28)20-35-16-15-24(17-22(35)3)29(32-26-11-5-4-6-12-26)34-30(36)33-27-13-8-10-25(31)19-27/h7-10,13-14,18-19,21-22,24,26H,4-6,11-12,15-17,20H2,1-3H3,(H2,32,33,34,36)/t22-,24-/m0/s1. The number of nitrogens with zero attached hydrogens (tertiary/aromatic N) is 2. The second kappa shape index (κ2) is 13.0. The monoisotopic (exact) mass is 508 g/mol. The van der Waals surface area contributed by atoms with Crippen LogP contribution in [0.2, 0.25) is 0 Å². The molecule has 0 aromatic heterocycles. The van der Waals surface area contributed by atoms with E-state index in [1.807, 2.05) is 19.9 Å². The first-order valence-corrected chi connectivity index (χ1v) is 13.8. The van der Waals surface area contributed by atoms with Gasteiger partial charge in [-0.1, -0.05) is 37.5 Å². The van der Waals surface area contributed by atoms with Gasteiger partial charge in [-0.2, -0.15) is 0 Å². The van der Waals surface area contributed by atoms with Crippen LogP contribution in [-0.4, -0.2) is 41.5 Å². The number of amidine groups is 1. The van der Waals surface area contributed by atoms with E-state index in [1.54, 1.807) is 12.1 Å². The van der Waals surface area contributed by atoms with Crippen LogP contribution in [0.5, 0.6) is 5.75 Å². The molecule has 200 valence electrons. The fourth-order valence-electron chi connectivity index (χ4n) is 5.42. The van der Waals surface area contributed by atoms with Gasteiger partial charge < -0.3 is 10.1 Å². The average molecular weight is 509 g/mol. The highest BCUT2D eigenvalue weighted by molar-refractivity contribution is 6.04. The highest BCUT2D eigenvalue weighted by Crippen LogP contribution is 2.28. The third kappa shape index (κ3) is 8.29. The topological polar surface area (TPSA) is 66.0 Å². The molecule has 7 heteroatoms. The molecule has 2 N–H and O–H groups in total. The first kappa shape index (κ1) is 27.1. The Morgan fingerprint density at radius 3 is 2.62 bits per heavy atom. The van der Waals surface area contributed by atoms with E-state index in [4.69, 9.17) is 9.73 Å². The number of halogens is 1. The van der Waals surface area contributed by atoms with Crippen molar-refractivity contribution in [3.63, 3.8) is 0 Å². The maximum Gasteiger partial charge on any atom is 0.324 e. The Labute approximate surface area is 220 Å². The lowest BCUT2D eigenvalue weighted by atomic mass is 9.89. The Kier molecular flexibility index (Phi) is 9.56. The fraction of sp³-hybridized carbons (Fsp3) is 0.533. The zero-order valence-corrected chi connectivity index (χ0v) is 22.4. The molecule has 0 radical (unpaired) electrons. The summed E-state index contributed by atoms with van der Waals surface area (Å²) in [6.07, 6.45) is 7.77. The predicted molar refractivity (Wildman–Crippen MR) is 148 cm³/mol. The number of benzene rings is 2. The minimum absolute atomic E-state index is 0.150. The summed E-state index contributed by atoms with van der Waals surface area (Å²) in [5.41, 5.74) is 1.67. The number of likely N-dealkylation sites (tertiary alicyclic amines) is 1. The van der Waals surface area contributed by atoms with Crippen LogP contribution in [0.4, 0.5) is 14.9 Å². The third-order valence-electron chi connectivity index (χ3n) is 7.28. The minimum Gasteiger partial charge on any atom is -0.491 e. The molecule has 4 rings (SSSR count). The normalized spacial score (nSPS) is 21.6. The van der Waals surface area contributed by atoms with E-state index in [-0.39, 0.29) is 29.9 Å². The molecule has 0 bridgehead atoms. The molecule has 0 spiro atoms. The number of carbonyl (C=O) groups is 1. The number of piperidine rings is 1. The summed E-state index contributed by atoms with van der Waals surface area (Å²) in [6, 6.07) is 14.5.